The molecule has 0 saturated carbocycles. The monoisotopic (exact) mass is 327 g/mol. The number of hydrogen-bond acceptors (Lipinski definition) is 2. The van der Waals surface area contributed by atoms with Crippen molar-refractivity contribution in [3.05, 3.63) is 57.8 Å². The van der Waals surface area contributed by atoms with E-state index in [0.29, 0.717) is 16.5 Å². The van der Waals surface area contributed by atoms with E-state index in [4.69, 9.17) is 27.9 Å². The molecule has 0 saturated heterocycles. The summed E-state index contributed by atoms with van der Waals surface area (Å²) in [6.07, 6.45) is 0. The minimum absolute atomic E-state index is 0.0569. The molecule has 2 aromatic rings. The van der Waals surface area contributed by atoms with Crippen LogP contribution in [0.15, 0.2) is 36.4 Å². The third-order valence-electron chi connectivity index (χ3n) is 2.73. The number of ether oxygens (including phenoxy) is 1. The molecular formula is C15H12Cl2FNO2. The molecule has 3 nitrogen and oxygen atoms in total. The van der Waals surface area contributed by atoms with Crippen LogP contribution in [0.1, 0.15) is 5.56 Å². The number of hydrogen-bond donors (Lipinski definition) is 1. The largest absolute Gasteiger partial charge is 0.484 e. The minimum atomic E-state index is -0.539. The number of rotatable bonds is 4. The van der Waals surface area contributed by atoms with Crippen LogP contribution in [-0.4, -0.2) is 12.5 Å². The van der Waals surface area contributed by atoms with Crippen molar-refractivity contribution in [3.63, 3.8) is 0 Å². The molecule has 1 amide bonds. The molecule has 0 aliphatic heterocycles. The van der Waals surface area contributed by atoms with Crippen molar-refractivity contribution in [2.24, 2.45) is 0 Å². The van der Waals surface area contributed by atoms with Gasteiger partial charge in [-0.05, 0) is 36.8 Å². The minimum Gasteiger partial charge on any atom is -0.484 e. The molecule has 0 heterocycles. The summed E-state index contributed by atoms with van der Waals surface area (Å²) in [6.45, 7) is 1.64. The molecule has 0 radical (unpaired) electrons. The number of carbonyl (C=O) groups is 1. The maximum atomic E-state index is 13.0. The number of nitrogens with one attached hydrogen (secondary N) is 1. The van der Waals surface area contributed by atoms with Crippen LogP contribution in [0, 0.1) is 12.7 Å². The van der Waals surface area contributed by atoms with Crippen LogP contribution in [0.4, 0.5) is 10.1 Å². The molecule has 0 aliphatic carbocycles. The molecule has 0 atom stereocenters. The summed E-state index contributed by atoms with van der Waals surface area (Å²) in [7, 11) is 0. The number of benzene rings is 2. The number of aryl methyl sites for hydroxylation is 1. The van der Waals surface area contributed by atoms with Gasteiger partial charge in [0.05, 0.1) is 5.02 Å². The number of amides is 1. The molecular weight excluding hydrogens is 316 g/mol. The predicted molar refractivity (Wildman–Crippen MR) is 81.7 cm³/mol. The van der Waals surface area contributed by atoms with E-state index in [9.17, 15) is 9.18 Å². The van der Waals surface area contributed by atoms with Gasteiger partial charge in [-0.25, -0.2) is 4.39 Å². The number of carbonyl (C=O) groups excluding carboxylic acids is 1. The molecule has 0 bridgehead atoms. The Morgan fingerprint density at radius 2 is 2.00 bits per heavy atom. The molecule has 0 spiro atoms. The third-order valence-corrected chi connectivity index (χ3v) is 3.26. The summed E-state index contributed by atoms with van der Waals surface area (Å²) in [5.41, 5.74) is 1.51. The Morgan fingerprint density at radius 1 is 1.24 bits per heavy atom. The molecule has 0 fully saturated rings. The molecule has 2 rings (SSSR count). The van der Waals surface area contributed by atoms with E-state index < -0.39 is 5.82 Å². The Hall–Kier alpha value is -1.78. The lowest BCUT2D eigenvalue weighted by Gasteiger charge is -2.10. The summed E-state index contributed by atoms with van der Waals surface area (Å²) < 4.78 is 18.2. The fourth-order valence-corrected chi connectivity index (χ4v) is 1.97. The molecule has 21 heavy (non-hydrogen) atoms. The first-order chi connectivity index (χ1) is 9.95. The lowest BCUT2D eigenvalue weighted by Crippen LogP contribution is -2.20. The van der Waals surface area contributed by atoms with Crippen LogP contribution in [-0.2, 0) is 4.79 Å². The van der Waals surface area contributed by atoms with Gasteiger partial charge >= 0.3 is 0 Å². The van der Waals surface area contributed by atoms with Gasteiger partial charge in [0.15, 0.2) is 6.61 Å². The standard InChI is InChI=1S/C15H12Cl2FNO2/c1-9-2-3-10(16)6-14(9)19-15(20)8-21-11-4-5-13(18)12(17)7-11/h2-7H,8H2,1H3,(H,19,20). The summed E-state index contributed by atoms with van der Waals surface area (Å²) in [6, 6.07) is 9.09. The molecule has 0 aromatic heterocycles. The van der Waals surface area contributed by atoms with E-state index >= 15 is 0 Å². The van der Waals surface area contributed by atoms with Gasteiger partial charge in [0.25, 0.3) is 5.91 Å². The van der Waals surface area contributed by atoms with Crippen molar-refractivity contribution in [3.8, 4) is 5.75 Å². The molecule has 1 N–H and O–H groups in total. The molecule has 0 unspecified atom stereocenters. The van der Waals surface area contributed by atoms with E-state index in [0.717, 1.165) is 5.56 Å². The maximum Gasteiger partial charge on any atom is 0.262 e. The van der Waals surface area contributed by atoms with E-state index in [2.05, 4.69) is 5.32 Å². The van der Waals surface area contributed by atoms with Crippen LogP contribution in [0.25, 0.3) is 0 Å². The molecule has 110 valence electrons. The average molecular weight is 328 g/mol. The third kappa shape index (κ3) is 4.34. The zero-order chi connectivity index (χ0) is 15.4. The zero-order valence-corrected chi connectivity index (χ0v) is 12.6. The zero-order valence-electron chi connectivity index (χ0n) is 11.1. The van der Waals surface area contributed by atoms with E-state index in [1.807, 2.05) is 6.92 Å². The van der Waals surface area contributed by atoms with Gasteiger partial charge in [-0.3, -0.25) is 4.79 Å². The van der Waals surface area contributed by atoms with Crippen LogP contribution in [0.3, 0.4) is 0 Å². The Labute approximate surface area is 131 Å². The van der Waals surface area contributed by atoms with E-state index in [-0.39, 0.29) is 17.5 Å². The lowest BCUT2D eigenvalue weighted by atomic mass is 10.2. The highest BCUT2D eigenvalue weighted by molar-refractivity contribution is 6.31. The van der Waals surface area contributed by atoms with Crippen molar-refractivity contribution in [1.82, 2.24) is 0 Å². The fourth-order valence-electron chi connectivity index (χ4n) is 1.63. The van der Waals surface area contributed by atoms with Crippen molar-refractivity contribution in [2.45, 2.75) is 6.92 Å². The first kappa shape index (κ1) is 15.6. The maximum absolute atomic E-state index is 13.0. The highest BCUT2D eigenvalue weighted by Crippen LogP contribution is 2.22. The first-order valence-electron chi connectivity index (χ1n) is 6.09. The Kier molecular flexibility index (Phi) is 5.04. The van der Waals surface area contributed by atoms with Gasteiger partial charge in [-0.2, -0.15) is 0 Å². The second kappa shape index (κ2) is 6.78. The van der Waals surface area contributed by atoms with E-state index in [1.165, 1.54) is 18.2 Å². The Bertz CT molecular complexity index is 677. The summed E-state index contributed by atoms with van der Waals surface area (Å²) in [4.78, 5) is 11.8. The Morgan fingerprint density at radius 3 is 2.71 bits per heavy atom. The van der Waals surface area contributed by atoms with E-state index in [1.54, 1.807) is 18.2 Å². The molecule has 6 heteroatoms. The lowest BCUT2D eigenvalue weighted by molar-refractivity contribution is -0.118. The average Bonchev–Trinajstić information content (AvgIpc) is 2.44. The van der Waals surface area contributed by atoms with Crippen molar-refractivity contribution in [1.29, 1.82) is 0 Å². The summed E-state index contributed by atoms with van der Waals surface area (Å²) >= 11 is 11.5. The van der Waals surface area contributed by atoms with Crippen LogP contribution >= 0.6 is 23.2 Å². The predicted octanol–water partition coefficient (Wildman–Crippen LogP) is 4.46. The fraction of sp³-hybridized carbons (Fsp3) is 0.133. The van der Waals surface area contributed by atoms with Crippen molar-refractivity contribution < 1.29 is 13.9 Å². The second-order valence-corrected chi connectivity index (χ2v) is 5.22. The van der Waals surface area contributed by atoms with Gasteiger partial charge in [-0.1, -0.05) is 29.3 Å². The summed E-state index contributed by atoms with van der Waals surface area (Å²) in [5.74, 6) is -0.566. The number of anilines is 1. The SMILES string of the molecule is Cc1ccc(Cl)cc1NC(=O)COc1ccc(F)c(Cl)c1. The van der Waals surface area contributed by atoms with Gasteiger partial charge in [0, 0.05) is 16.8 Å². The van der Waals surface area contributed by atoms with Crippen molar-refractivity contribution >= 4 is 34.8 Å². The highest BCUT2D eigenvalue weighted by atomic mass is 35.5. The summed E-state index contributed by atoms with van der Waals surface area (Å²) in [5, 5.41) is 3.16. The Balaban J connectivity index is 1.95. The first-order valence-corrected chi connectivity index (χ1v) is 6.85. The highest BCUT2D eigenvalue weighted by Gasteiger charge is 2.08. The molecule has 0 aliphatic rings. The second-order valence-electron chi connectivity index (χ2n) is 4.37. The normalized spacial score (nSPS) is 10.3. The van der Waals surface area contributed by atoms with Crippen LogP contribution in [0.5, 0.6) is 5.75 Å². The number of halogens is 3. The topological polar surface area (TPSA) is 38.3 Å². The van der Waals surface area contributed by atoms with Gasteiger partial charge in [0.2, 0.25) is 0 Å². The van der Waals surface area contributed by atoms with Crippen LogP contribution < -0.4 is 10.1 Å². The quantitative estimate of drug-likeness (QED) is 0.900. The van der Waals surface area contributed by atoms with Gasteiger partial charge < -0.3 is 10.1 Å². The smallest absolute Gasteiger partial charge is 0.262 e. The van der Waals surface area contributed by atoms with Crippen LogP contribution in [0.2, 0.25) is 10.0 Å². The van der Waals surface area contributed by atoms with Gasteiger partial charge in [-0.15, -0.1) is 0 Å². The molecule has 2 aromatic carbocycles. The van der Waals surface area contributed by atoms with Gasteiger partial charge in [0.1, 0.15) is 11.6 Å². The van der Waals surface area contributed by atoms with Crippen molar-refractivity contribution in [2.75, 3.05) is 11.9 Å².